The number of guanidine groups is 1. The molecule has 0 spiro atoms. The molecule has 2 aromatic heterocycles. The van der Waals surface area contributed by atoms with Crippen molar-refractivity contribution in [1.29, 1.82) is 0 Å². The fraction of sp³-hybridized carbons (Fsp3) is 0.524. The van der Waals surface area contributed by atoms with Crippen molar-refractivity contribution in [3.05, 3.63) is 46.3 Å². The highest BCUT2D eigenvalue weighted by molar-refractivity contribution is 14.0. The summed E-state index contributed by atoms with van der Waals surface area (Å²) in [4.78, 5) is 13.1. The predicted octanol–water partition coefficient (Wildman–Crippen LogP) is 4.05. The highest BCUT2D eigenvalue weighted by Crippen LogP contribution is 2.27. The molecule has 3 rings (SSSR count). The molecule has 29 heavy (non-hydrogen) atoms. The van der Waals surface area contributed by atoms with Crippen LogP contribution in [0.15, 0.2) is 40.8 Å². The first-order valence-electron chi connectivity index (χ1n) is 10.2. The molecule has 1 unspecified atom stereocenters. The maximum absolute atomic E-state index is 5.62. The van der Waals surface area contributed by atoms with E-state index in [2.05, 4.69) is 45.0 Å². The normalized spacial score (nSPS) is 15.6. The molecule has 0 aromatic carbocycles. The second kappa shape index (κ2) is 13.0. The maximum Gasteiger partial charge on any atom is 0.218 e. The molecular weight excluding hydrogens is 497 g/mol. The third-order valence-corrected chi connectivity index (χ3v) is 5.77. The van der Waals surface area contributed by atoms with Gasteiger partial charge < -0.3 is 15.4 Å². The average molecular weight is 529 g/mol. The lowest BCUT2D eigenvalue weighted by Crippen LogP contribution is -2.42. The third-order valence-electron chi connectivity index (χ3n) is 4.80. The number of nitrogens with one attached hydrogen (secondary N) is 2. The number of halogens is 1. The molecular formula is C21H32IN5OS. The Morgan fingerprint density at radius 1 is 1.24 bits per heavy atom. The number of hydrogen-bond donors (Lipinski definition) is 2. The number of nitrogens with zero attached hydrogens (tertiary/aromatic N) is 3. The minimum absolute atomic E-state index is 0. The van der Waals surface area contributed by atoms with Gasteiger partial charge in [-0.15, -0.1) is 35.3 Å². The third kappa shape index (κ3) is 7.11. The molecule has 1 saturated heterocycles. The van der Waals surface area contributed by atoms with Crippen LogP contribution in [0.4, 0.5) is 0 Å². The molecule has 160 valence electrons. The van der Waals surface area contributed by atoms with E-state index in [1.807, 2.05) is 30.4 Å². The van der Waals surface area contributed by atoms with Crippen molar-refractivity contribution in [1.82, 2.24) is 20.5 Å². The predicted molar refractivity (Wildman–Crippen MR) is 132 cm³/mol. The van der Waals surface area contributed by atoms with Gasteiger partial charge in [0.15, 0.2) is 5.96 Å². The number of hydrogen-bond acceptors (Lipinski definition) is 5. The van der Waals surface area contributed by atoms with Crippen LogP contribution in [0.25, 0.3) is 0 Å². The first kappa shape index (κ1) is 23.9. The van der Waals surface area contributed by atoms with Gasteiger partial charge in [0, 0.05) is 29.7 Å². The van der Waals surface area contributed by atoms with Gasteiger partial charge in [0.1, 0.15) is 0 Å². The van der Waals surface area contributed by atoms with Gasteiger partial charge in [-0.05, 0) is 57.3 Å². The summed E-state index contributed by atoms with van der Waals surface area (Å²) < 4.78 is 5.62. The Kier molecular flexibility index (Phi) is 10.7. The zero-order valence-corrected chi connectivity index (χ0v) is 20.4. The maximum atomic E-state index is 5.62. The standard InChI is InChI=1S/C21H31N5OS.HI/c1-3-22-21(24-15-17-9-7-11-23-20(17)27-4-2)25-16-18(19-10-8-14-28-19)26-12-5-6-13-26;/h7-11,14,18H,3-6,12-13,15-16H2,1-2H3,(H2,22,24,25);1H. The van der Waals surface area contributed by atoms with Crippen molar-refractivity contribution in [2.24, 2.45) is 4.99 Å². The van der Waals surface area contributed by atoms with Gasteiger partial charge in [-0.1, -0.05) is 12.1 Å². The van der Waals surface area contributed by atoms with Crippen LogP contribution in [-0.2, 0) is 6.54 Å². The summed E-state index contributed by atoms with van der Waals surface area (Å²) in [5.74, 6) is 1.49. The molecule has 1 aliphatic heterocycles. The minimum Gasteiger partial charge on any atom is -0.478 e. The SMILES string of the molecule is CCNC(=NCc1cccnc1OCC)NCC(c1cccs1)N1CCCC1.I. The quantitative estimate of drug-likeness (QED) is 0.292. The Balaban J connectivity index is 0.00000300. The number of ether oxygens (including phenoxy) is 1. The van der Waals surface area contributed by atoms with Gasteiger partial charge in [0.2, 0.25) is 5.88 Å². The van der Waals surface area contributed by atoms with E-state index in [0.717, 1.165) is 24.6 Å². The van der Waals surface area contributed by atoms with E-state index in [1.165, 1.54) is 30.8 Å². The van der Waals surface area contributed by atoms with E-state index < -0.39 is 0 Å². The number of aromatic nitrogens is 1. The van der Waals surface area contributed by atoms with Crippen molar-refractivity contribution in [2.45, 2.75) is 39.3 Å². The molecule has 8 heteroatoms. The molecule has 0 amide bonds. The average Bonchev–Trinajstić information content (AvgIpc) is 3.42. The lowest BCUT2D eigenvalue weighted by Gasteiger charge is -2.27. The van der Waals surface area contributed by atoms with Crippen LogP contribution < -0.4 is 15.4 Å². The van der Waals surface area contributed by atoms with Gasteiger partial charge in [-0.3, -0.25) is 4.90 Å². The molecule has 0 aliphatic carbocycles. The zero-order valence-electron chi connectivity index (χ0n) is 17.3. The molecule has 2 aromatic rings. The van der Waals surface area contributed by atoms with E-state index in [0.29, 0.717) is 25.1 Å². The van der Waals surface area contributed by atoms with Crippen molar-refractivity contribution < 1.29 is 4.74 Å². The van der Waals surface area contributed by atoms with Crippen LogP contribution in [0, 0.1) is 0 Å². The Morgan fingerprint density at radius 2 is 2.07 bits per heavy atom. The Labute approximate surface area is 195 Å². The molecule has 0 radical (unpaired) electrons. The molecule has 2 N–H and O–H groups in total. The highest BCUT2D eigenvalue weighted by atomic mass is 127. The Hall–Kier alpha value is -1.39. The van der Waals surface area contributed by atoms with Crippen LogP contribution in [0.1, 0.15) is 43.2 Å². The van der Waals surface area contributed by atoms with Gasteiger partial charge in [0.05, 0.1) is 19.2 Å². The van der Waals surface area contributed by atoms with E-state index in [1.54, 1.807) is 6.20 Å². The molecule has 1 atom stereocenters. The molecule has 0 saturated carbocycles. The minimum atomic E-state index is 0. The number of likely N-dealkylation sites (tertiary alicyclic amines) is 1. The number of thiophene rings is 1. The Bertz CT molecular complexity index is 734. The molecule has 3 heterocycles. The lowest BCUT2D eigenvalue weighted by molar-refractivity contribution is 0.249. The van der Waals surface area contributed by atoms with Crippen molar-refractivity contribution in [2.75, 3.05) is 32.8 Å². The largest absolute Gasteiger partial charge is 0.478 e. The van der Waals surface area contributed by atoms with Crippen molar-refractivity contribution in [3.8, 4) is 5.88 Å². The summed E-state index contributed by atoms with van der Waals surface area (Å²) in [6.07, 6.45) is 4.33. The van der Waals surface area contributed by atoms with Crippen LogP contribution in [-0.4, -0.2) is 48.6 Å². The fourth-order valence-corrected chi connectivity index (χ4v) is 4.32. The smallest absolute Gasteiger partial charge is 0.218 e. The molecule has 6 nitrogen and oxygen atoms in total. The van der Waals surface area contributed by atoms with Gasteiger partial charge in [0.25, 0.3) is 0 Å². The van der Waals surface area contributed by atoms with Crippen LogP contribution in [0.2, 0.25) is 0 Å². The summed E-state index contributed by atoms with van der Waals surface area (Å²) in [5, 5.41) is 9.07. The van der Waals surface area contributed by atoms with E-state index >= 15 is 0 Å². The number of pyridine rings is 1. The van der Waals surface area contributed by atoms with Gasteiger partial charge in [-0.2, -0.15) is 0 Å². The topological polar surface area (TPSA) is 61.8 Å². The number of aliphatic imine (C=N–C) groups is 1. The summed E-state index contributed by atoms with van der Waals surface area (Å²) in [5.41, 5.74) is 0.996. The van der Waals surface area contributed by atoms with Gasteiger partial charge in [-0.25, -0.2) is 9.98 Å². The fourth-order valence-electron chi connectivity index (χ4n) is 3.45. The molecule has 1 aliphatic rings. The summed E-state index contributed by atoms with van der Waals surface area (Å²) in [6.45, 7) is 9.20. The monoisotopic (exact) mass is 529 g/mol. The second-order valence-corrected chi connectivity index (χ2v) is 7.73. The number of rotatable bonds is 9. The summed E-state index contributed by atoms with van der Waals surface area (Å²) >= 11 is 1.83. The van der Waals surface area contributed by atoms with Crippen LogP contribution in [0.5, 0.6) is 5.88 Å². The highest BCUT2D eigenvalue weighted by Gasteiger charge is 2.24. The first-order valence-corrected chi connectivity index (χ1v) is 11.1. The second-order valence-electron chi connectivity index (χ2n) is 6.75. The Morgan fingerprint density at radius 3 is 2.76 bits per heavy atom. The van der Waals surface area contributed by atoms with Crippen LogP contribution in [0.3, 0.4) is 0 Å². The van der Waals surface area contributed by atoms with Crippen molar-refractivity contribution >= 4 is 41.3 Å². The first-order chi connectivity index (χ1) is 13.8. The lowest BCUT2D eigenvalue weighted by atomic mass is 10.2. The van der Waals surface area contributed by atoms with Crippen LogP contribution >= 0.6 is 35.3 Å². The van der Waals surface area contributed by atoms with E-state index in [4.69, 9.17) is 9.73 Å². The van der Waals surface area contributed by atoms with E-state index in [9.17, 15) is 0 Å². The zero-order chi connectivity index (χ0) is 19.6. The van der Waals surface area contributed by atoms with Gasteiger partial charge >= 0.3 is 0 Å². The summed E-state index contributed by atoms with van der Waals surface area (Å²) in [7, 11) is 0. The molecule has 0 bridgehead atoms. The summed E-state index contributed by atoms with van der Waals surface area (Å²) in [6, 6.07) is 8.71. The van der Waals surface area contributed by atoms with E-state index in [-0.39, 0.29) is 24.0 Å². The molecule has 1 fully saturated rings. The van der Waals surface area contributed by atoms with Crippen molar-refractivity contribution in [3.63, 3.8) is 0 Å².